The Morgan fingerprint density at radius 3 is 1.97 bits per heavy atom. The first-order chi connectivity index (χ1) is 18.7. The average Bonchev–Trinajstić information content (AvgIpc) is 3.58. The second kappa shape index (κ2) is 11.2. The van der Waals surface area contributed by atoms with Gasteiger partial charge < -0.3 is 15.3 Å². The molecule has 4 atom stereocenters. The van der Waals surface area contributed by atoms with Crippen LogP contribution < -0.4 is 5.32 Å². The van der Waals surface area contributed by atoms with Crippen molar-refractivity contribution in [2.24, 2.45) is 5.92 Å². The zero-order chi connectivity index (χ0) is 27.7. The quantitative estimate of drug-likeness (QED) is 0.230. The summed E-state index contributed by atoms with van der Waals surface area (Å²) in [5, 5.41) is 15.9. The van der Waals surface area contributed by atoms with Crippen molar-refractivity contribution in [2.45, 2.75) is 18.0 Å². The van der Waals surface area contributed by atoms with Crippen molar-refractivity contribution < 1.29 is 23.9 Å². The number of ketones is 1. The maximum atomic E-state index is 14.1. The lowest BCUT2D eigenvalue weighted by atomic mass is 9.77. The van der Waals surface area contributed by atoms with E-state index in [-0.39, 0.29) is 11.5 Å². The fraction of sp³-hybridized carbons (Fsp3) is 0.138. The molecule has 0 radical (unpaired) electrons. The van der Waals surface area contributed by atoms with Gasteiger partial charge in [-0.2, -0.15) is 0 Å². The van der Waals surface area contributed by atoms with Crippen LogP contribution in [0.5, 0.6) is 0 Å². The minimum absolute atomic E-state index is 0.275. The first-order valence-corrected chi connectivity index (χ1v) is 13.5. The molecule has 198 valence electrons. The van der Waals surface area contributed by atoms with Gasteiger partial charge in [0.25, 0.3) is 0 Å². The fourth-order valence-corrected chi connectivity index (χ4v) is 6.12. The number of rotatable bonds is 6. The predicted octanol–water partition coefficient (Wildman–Crippen LogP) is 7.52. The number of carbonyl (C=O) groups is 3. The molecule has 1 aliphatic rings. The van der Waals surface area contributed by atoms with E-state index in [2.05, 4.69) is 5.32 Å². The molecule has 1 fully saturated rings. The number of aliphatic carboxylic acids is 1. The van der Waals surface area contributed by atoms with Gasteiger partial charge in [-0.3, -0.25) is 4.79 Å². The number of hydrogen-bond donors (Lipinski definition) is 2. The molecule has 3 aromatic carbocycles. The molecule has 10 heteroatoms. The number of anilines is 1. The van der Waals surface area contributed by atoms with Crippen molar-refractivity contribution >= 4 is 58.0 Å². The molecule has 2 amide bonds. The third-order valence-corrected chi connectivity index (χ3v) is 8.17. The summed E-state index contributed by atoms with van der Waals surface area (Å²) >= 11 is 13.5. The smallest absolute Gasteiger partial charge is 0.327 e. The maximum absolute atomic E-state index is 14.1. The van der Waals surface area contributed by atoms with Gasteiger partial charge in [0.05, 0.1) is 16.8 Å². The molecule has 4 unspecified atom stereocenters. The SMILES string of the molecule is O=C(c1cccs1)C1C(c2ccc(Cl)cc2)C(C(=O)O)N(C(=O)Nc2ccc(F)cc2)C1c1ccc(Cl)cc1. The Labute approximate surface area is 237 Å². The third-order valence-electron chi connectivity index (χ3n) is 6.78. The normalized spacial score (nSPS) is 20.5. The van der Waals surface area contributed by atoms with Crippen LogP contribution in [-0.2, 0) is 4.79 Å². The number of carboxylic acid groups (broad SMARTS) is 1. The molecule has 4 aromatic rings. The van der Waals surface area contributed by atoms with Gasteiger partial charge in [-0.1, -0.05) is 53.5 Å². The summed E-state index contributed by atoms with van der Waals surface area (Å²) in [4.78, 5) is 42.5. The van der Waals surface area contributed by atoms with Crippen LogP contribution >= 0.6 is 34.5 Å². The molecule has 1 aromatic heterocycles. The minimum Gasteiger partial charge on any atom is -0.480 e. The molecular formula is C29H21Cl2FN2O4S. The van der Waals surface area contributed by atoms with Gasteiger partial charge in [0.1, 0.15) is 11.9 Å². The molecule has 2 heterocycles. The average molecular weight is 583 g/mol. The number of urea groups is 1. The molecule has 0 spiro atoms. The second-order valence-electron chi connectivity index (χ2n) is 9.07. The Bertz CT molecular complexity index is 1500. The van der Waals surface area contributed by atoms with Gasteiger partial charge in [-0.15, -0.1) is 11.3 Å². The molecule has 6 nitrogen and oxygen atoms in total. The van der Waals surface area contributed by atoms with Crippen molar-refractivity contribution in [1.82, 2.24) is 4.90 Å². The van der Waals surface area contributed by atoms with E-state index in [1.54, 1.807) is 66.0 Å². The summed E-state index contributed by atoms with van der Waals surface area (Å²) in [6.45, 7) is 0. The second-order valence-corrected chi connectivity index (χ2v) is 10.9. The summed E-state index contributed by atoms with van der Waals surface area (Å²) in [6, 6.07) is 18.7. The van der Waals surface area contributed by atoms with Crippen LogP contribution in [0.25, 0.3) is 0 Å². The van der Waals surface area contributed by atoms with Crippen LogP contribution in [0.3, 0.4) is 0 Å². The number of thiophene rings is 1. The standard InChI is InChI=1S/C29H21Cl2FN2O4S/c30-18-7-3-16(4-8-18)23-24(27(35)22-2-1-15-39-22)25(17-5-9-19(31)10-6-17)34(26(23)28(36)37)29(38)33-21-13-11-20(32)12-14-21/h1-15,23-26H,(H,33,38)(H,36,37). The third kappa shape index (κ3) is 5.41. The largest absolute Gasteiger partial charge is 0.480 e. The van der Waals surface area contributed by atoms with Gasteiger partial charge in [-0.25, -0.2) is 14.0 Å². The number of benzene rings is 3. The van der Waals surface area contributed by atoms with Crippen LogP contribution in [0.15, 0.2) is 90.3 Å². The highest BCUT2D eigenvalue weighted by atomic mass is 35.5. The van der Waals surface area contributed by atoms with Crippen LogP contribution in [0.4, 0.5) is 14.9 Å². The van der Waals surface area contributed by atoms with Crippen LogP contribution in [0.2, 0.25) is 10.0 Å². The monoisotopic (exact) mass is 582 g/mol. The van der Waals surface area contributed by atoms with E-state index in [1.807, 2.05) is 0 Å². The first kappa shape index (κ1) is 26.9. The number of nitrogens with one attached hydrogen (secondary N) is 1. The van der Waals surface area contributed by atoms with E-state index < -0.39 is 41.7 Å². The summed E-state index contributed by atoms with van der Waals surface area (Å²) in [5.41, 5.74) is 1.38. The summed E-state index contributed by atoms with van der Waals surface area (Å²) < 4.78 is 13.5. The van der Waals surface area contributed by atoms with Crippen molar-refractivity contribution in [1.29, 1.82) is 0 Å². The lowest BCUT2D eigenvalue weighted by Gasteiger charge is -2.30. The number of nitrogens with zero attached hydrogens (tertiary/aromatic N) is 1. The van der Waals surface area contributed by atoms with E-state index in [0.29, 0.717) is 26.0 Å². The number of amides is 2. The predicted molar refractivity (Wildman–Crippen MR) is 149 cm³/mol. The lowest BCUT2D eigenvalue weighted by Crippen LogP contribution is -2.45. The Kier molecular flexibility index (Phi) is 7.70. The minimum atomic E-state index is -1.42. The molecule has 0 aliphatic carbocycles. The molecule has 1 aliphatic heterocycles. The molecule has 0 saturated carbocycles. The van der Waals surface area contributed by atoms with Crippen LogP contribution in [-0.4, -0.2) is 33.8 Å². The van der Waals surface area contributed by atoms with Gasteiger partial charge in [-0.05, 0) is 71.1 Å². The van der Waals surface area contributed by atoms with E-state index in [9.17, 15) is 23.9 Å². The van der Waals surface area contributed by atoms with Gasteiger partial charge in [0.15, 0.2) is 5.78 Å². The molecular weight excluding hydrogens is 562 g/mol. The van der Waals surface area contributed by atoms with Crippen LogP contribution in [0, 0.1) is 11.7 Å². The van der Waals surface area contributed by atoms with Crippen molar-refractivity contribution in [3.63, 3.8) is 0 Å². The molecule has 5 rings (SSSR count). The number of likely N-dealkylation sites (tertiary alicyclic amines) is 1. The zero-order valence-corrected chi connectivity index (χ0v) is 22.5. The number of halogens is 3. The van der Waals surface area contributed by atoms with Crippen molar-refractivity contribution in [3.05, 3.63) is 122 Å². The highest BCUT2D eigenvalue weighted by Crippen LogP contribution is 2.52. The molecule has 2 N–H and O–H groups in total. The number of carboxylic acids is 1. The van der Waals surface area contributed by atoms with Gasteiger partial charge in [0, 0.05) is 21.7 Å². The van der Waals surface area contributed by atoms with Crippen molar-refractivity contribution in [3.8, 4) is 0 Å². The molecule has 39 heavy (non-hydrogen) atoms. The lowest BCUT2D eigenvalue weighted by molar-refractivity contribution is -0.142. The Morgan fingerprint density at radius 2 is 1.44 bits per heavy atom. The summed E-state index contributed by atoms with van der Waals surface area (Å²) in [6.07, 6.45) is 0. The topological polar surface area (TPSA) is 86.7 Å². The maximum Gasteiger partial charge on any atom is 0.327 e. The zero-order valence-electron chi connectivity index (χ0n) is 20.1. The number of hydrogen-bond acceptors (Lipinski definition) is 4. The first-order valence-electron chi connectivity index (χ1n) is 11.9. The van der Waals surface area contributed by atoms with Crippen molar-refractivity contribution in [2.75, 3.05) is 5.32 Å². The van der Waals surface area contributed by atoms with E-state index >= 15 is 0 Å². The highest BCUT2D eigenvalue weighted by molar-refractivity contribution is 7.12. The van der Waals surface area contributed by atoms with E-state index in [0.717, 1.165) is 0 Å². The van der Waals surface area contributed by atoms with E-state index in [1.165, 1.54) is 40.5 Å². The van der Waals surface area contributed by atoms with Crippen LogP contribution in [0.1, 0.15) is 32.8 Å². The van der Waals surface area contributed by atoms with Gasteiger partial charge in [0.2, 0.25) is 0 Å². The number of Topliss-reactive ketones (excluding diaryl/α,β-unsaturated/α-hetero) is 1. The Balaban J connectivity index is 1.70. The highest BCUT2D eigenvalue weighted by Gasteiger charge is 2.57. The Morgan fingerprint density at radius 1 is 0.846 bits per heavy atom. The summed E-state index contributed by atoms with van der Waals surface area (Å²) in [5.74, 6) is -3.90. The summed E-state index contributed by atoms with van der Waals surface area (Å²) in [7, 11) is 0. The Hall–Kier alpha value is -3.72. The van der Waals surface area contributed by atoms with E-state index in [4.69, 9.17) is 23.2 Å². The van der Waals surface area contributed by atoms with Gasteiger partial charge >= 0.3 is 12.0 Å². The fourth-order valence-electron chi connectivity index (χ4n) is 5.15. The molecule has 1 saturated heterocycles. The molecule has 0 bridgehead atoms. The number of carbonyl (C=O) groups excluding carboxylic acids is 2.